The topological polar surface area (TPSA) is 75.1 Å². The number of piperazine rings is 1. The molecule has 0 saturated carbocycles. The van der Waals surface area contributed by atoms with Gasteiger partial charge in [-0.05, 0) is 72.4 Å². The molecule has 2 aromatic heterocycles. The van der Waals surface area contributed by atoms with Crippen LogP contribution in [-0.4, -0.2) is 51.0 Å². The quantitative estimate of drug-likeness (QED) is 0.403. The number of nitrogens with zero attached hydrogens (tertiary/aromatic N) is 4. The second-order valence-corrected chi connectivity index (χ2v) is 10.6. The fourth-order valence-electron chi connectivity index (χ4n) is 5.68. The van der Waals surface area contributed by atoms with Crippen molar-refractivity contribution >= 4 is 23.2 Å². The fourth-order valence-corrected chi connectivity index (χ4v) is 5.88. The van der Waals surface area contributed by atoms with Crippen LogP contribution in [0.2, 0.25) is 5.02 Å². The molecule has 0 spiro atoms. The Morgan fingerprint density at radius 1 is 1.11 bits per heavy atom. The summed E-state index contributed by atoms with van der Waals surface area (Å²) in [4.78, 5) is 25.0. The second-order valence-electron chi connectivity index (χ2n) is 10.2. The van der Waals surface area contributed by atoms with E-state index in [1.807, 2.05) is 60.5 Å². The molecule has 1 saturated heterocycles. The van der Waals surface area contributed by atoms with E-state index in [4.69, 9.17) is 16.6 Å². The normalized spacial score (nSPS) is 19.3. The van der Waals surface area contributed by atoms with Crippen molar-refractivity contribution in [1.82, 2.24) is 24.8 Å². The Hall–Kier alpha value is -3.52. The molecule has 6 rings (SSSR count). The minimum Gasteiger partial charge on any atom is -0.333 e. The van der Waals surface area contributed by atoms with E-state index >= 15 is 0 Å². The van der Waals surface area contributed by atoms with Crippen LogP contribution in [0, 0.1) is 6.92 Å². The number of carbonyl (C=O) groups excluding carboxylic acids is 1. The number of halogens is 1. The molecule has 0 bridgehead atoms. The SMILES string of the molecule is Cc1cn(Cc2cccc(NC(=O)C3CN(C4c5ccc(Cl)cc5CCc5cccnc54)CCN3)c2)cn1. The standard InChI is InChI=1S/C30H31ClN6O/c1-20-16-36(19-34-20)17-21-4-2-6-25(14-21)35-30(38)27-18-37(13-12-32-27)29-26-10-9-24(31)15-23(26)8-7-22-5-3-11-33-28(22)29/h2-6,9-11,14-16,19,27,29,32H,7-8,12-13,17-18H2,1H3,(H,35,38). The molecule has 2 atom stereocenters. The summed E-state index contributed by atoms with van der Waals surface area (Å²) < 4.78 is 2.04. The van der Waals surface area contributed by atoms with E-state index in [0.717, 1.165) is 53.6 Å². The van der Waals surface area contributed by atoms with Crippen LogP contribution in [0.5, 0.6) is 0 Å². The Morgan fingerprint density at radius 2 is 2.00 bits per heavy atom. The zero-order valence-electron chi connectivity index (χ0n) is 21.4. The third-order valence-corrected chi connectivity index (χ3v) is 7.69. The van der Waals surface area contributed by atoms with Gasteiger partial charge in [0.15, 0.2) is 0 Å². The Bertz CT molecular complexity index is 1470. The van der Waals surface area contributed by atoms with Gasteiger partial charge in [-0.2, -0.15) is 0 Å². The number of carbonyl (C=O) groups is 1. The van der Waals surface area contributed by atoms with Crippen molar-refractivity contribution in [3.05, 3.63) is 112 Å². The monoisotopic (exact) mass is 526 g/mol. The van der Waals surface area contributed by atoms with Crippen LogP contribution < -0.4 is 10.6 Å². The number of amides is 1. The molecule has 2 aromatic carbocycles. The van der Waals surface area contributed by atoms with Crippen LogP contribution in [0.3, 0.4) is 0 Å². The maximum absolute atomic E-state index is 13.4. The van der Waals surface area contributed by atoms with Crippen molar-refractivity contribution in [2.75, 3.05) is 25.0 Å². The van der Waals surface area contributed by atoms with Crippen molar-refractivity contribution in [3.8, 4) is 0 Å². The van der Waals surface area contributed by atoms with E-state index in [2.05, 4.69) is 44.8 Å². The number of fused-ring (bicyclic) bond motifs is 2. The number of aromatic nitrogens is 3. The van der Waals surface area contributed by atoms with Crippen LogP contribution >= 0.6 is 11.6 Å². The Labute approximate surface area is 227 Å². The molecule has 3 heterocycles. The van der Waals surface area contributed by atoms with Gasteiger partial charge in [0.1, 0.15) is 0 Å². The predicted octanol–water partition coefficient (Wildman–Crippen LogP) is 4.39. The highest BCUT2D eigenvalue weighted by Gasteiger charge is 2.35. The second kappa shape index (κ2) is 10.7. The Kier molecular flexibility index (Phi) is 6.98. The Morgan fingerprint density at radius 3 is 2.87 bits per heavy atom. The van der Waals surface area contributed by atoms with E-state index in [9.17, 15) is 4.79 Å². The van der Waals surface area contributed by atoms with Gasteiger partial charge in [-0.1, -0.05) is 35.9 Å². The highest BCUT2D eigenvalue weighted by molar-refractivity contribution is 6.30. The summed E-state index contributed by atoms with van der Waals surface area (Å²) in [6.45, 7) is 4.82. The fraction of sp³-hybridized carbons (Fsp3) is 0.300. The zero-order valence-corrected chi connectivity index (χ0v) is 22.2. The summed E-state index contributed by atoms with van der Waals surface area (Å²) >= 11 is 6.38. The molecule has 38 heavy (non-hydrogen) atoms. The molecule has 7 nitrogen and oxygen atoms in total. The zero-order chi connectivity index (χ0) is 26.1. The first-order chi connectivity index (χ1) is 18.5. The third kappa shape index (κ3) is 5.23. The van der Waals surface area contributed by atoms with Gasteiger partial charge in [-0.3, -0.25) is 14.7 Å². The van der Waals surface area contributed by atoms with Crippen molar-refractivity contribution in [1.29, 1.82) is 0 Å². The third-order valence-electron chi connectivity index (χ3n) is 7.46. The maximum atomic E-state index is 13.4. The summed E-state index contributed by atoms with van der Waals surface area (Å²) in [6.07, 6.45) is 7.57. The first-order valence-corrected chi connectivity index (χ1v) is 13.5. The van der Waals surface area contributed by atoms with Gasteiger partial charge in [0.05, 0.1) is 29.8 Å². The molecular formula is C30H31ClN6O. The average Bonchev–Trinajstić information content (AvgIpc) is 3.25. The van der Waals surface area contributed by atoms with Crippen LogP contribution in [0.4, 0.5) is 5.69 Å². The molecular weight excluding hydrogens is 496 g/mol. The summed E-state index contributed by atoms with van der Waals surface area (Å²) in [5, 5.41) is 7.32. The maximum Gasteiger partial charge on any atom is 0.242 e. The molecule has 1 amide bonds. The smallest absolute Gasteiger partial charge is 0.242 e. The highest BCUT2D eigenvalue weighted by Crippen LogP contribution is 2.37. The summed E-state index contributed by atoms with van der Waals surface area (Å²) in [5.74, 6) is -0.0310. The number of nitrogens with one attached hydrogen (secondary N) is 2. The first-order valence-electron chi connectivity index (χ1n) is 13.1. The van der Waals surface area contributed by atoms with E-state index in [-0.39, 0.29) is 18.0 Å². The predicted molar refractivity (Wildman–Crippen MR) is 149 cm³/mol. The van der Waals surface area contributed by atoms with Crippen LogP contribution in [0.1, 0.15) is 39.7 Å². The van der Waals surface area contributed by atoms with Crippen molar-refractivity contribution < 1.29 is 4.79 Å². The number of hydrogen-bond acceptors (Lipinski definition) is 5. The number of imidazole rings is 1. The molecule has 8 heteroatoms. The lowest BCUT2D eigenvalue weighted by Crippen LogP contribution is -2.56. The van der Waals surface area contributed by atoms with Gasteiger partial charge in [-0.15, -0.1) is 0 Å². The molecule has 2 N–H and O–H groups in total. The lowest BCUT2D eigenvalue weighted by molar-refractivity contribution is -0.119. The minimum atomic E-state index is -0.338. The molecule has 2 aliphatic rings. The van der Waals surface area contributed by atoms with Crippen molar-refractivity contribution in [3.63, 3.8) is 0 Å². The van der Waals surface area contributed by atoms with Gasteiger partial charge in [0.2, 0.25) is 5.91 Å². The Balaban J connectivity index is 1.21. The van der Waals surface area contributed by atoms with Gasteiger partial charge in [0, 0.05) is 49.3 Å². The number of benzene rings is 2. The molecule has 0 radical (unpaired) electrons. The van der Waals surface area contributed by atoms with Crippen LogP contribution in [0.25, 0.3) is 0 Å². The molecule has 2 unspecified atom stereocenters. The van der Waals surface area contributed by atoms with Gasteiger partial charge in [0.25, 0.3) is 0 Å². The van der Waals surface area contributed by atoms with Gasteiger partial charge < -0.3 is 15.2 Å². The summed E-state index contributed by atoms with van der Waals surface area (Å²) in [6, 6.07) is 18.0. The minimum absolute atomic E-state index is 0.0136. The largest absolute Gasteiger partial charge is 0.333 e. The number of pyridine rings is 1. The number of hydrogen-bond donors (Lipinski definition) is 2. The number of anilines is 1. The van der Waals surface area contributed by atoms with E-state index in [1.165, 1.54) is 16.7 Å². The molecule has 1 aliphatic carbocycles. The molecule has 194 valence electrons. The van der Waals surface area contributed by atoms with Gasteiger partial charge in [-0.25, -0.2) is 4.98 Å². The van der Waals surface area contributed by atoms with Crippen LogP contribution in [0.15, 0.2) is 73.3 Å². The lowest BCUT2D eigenvalue weighted by Gasteiger charge is -2.39. The highest BCUT2D eigenvalue weighted by atomic mass is 35.5. The number of aryl methyl sites for hydroxylation is 3. The van der Waals surface area contributed by atoms with Crippen LogP contribution in [-0.2, 0) is 24.2 Å². The molecule has 4 aromatic rings. The molecule has 1 fully saturated rings. The summed E-state index contributed by atoms with van der Waals surface area (Å²) in [5.41, 5.74) is 7.71. The summed E-state index contributed by atoms with van der Waals surface area (Å²) in [7, 11) is 0. The number of rotatable bonds is 5. The van der Waals surface area contributed by atoms with Crippen molar-refractivity contribution in [2.45, 2.75) is 38.4 Å². The average molecular weight is 527 g/mol. The lowest BCUT2D eigenvalue weighted by atomic mass is 9.95. The molecule has 1 aliphatic heterocycles. The van der Waals surface area contributed by atoms with Gasteiger partial charge >= 0.3 is 0 Å². The van der Waals surface area contributed by atoms with Crippen molar-refractivity contribution in [2.24, 2.45) is 0 Å². The van der Waals surface area contributed by atoms with E-state index < -0.39 is 0 Å². The van der Waals surface area contributed by atoms with E-state index in [0.29, 0.717) is 13.1 Å². The first kappa shape index (κ1) is 24.8. The van der Waals surface area contributed by atoms with E-state index in [1.54, 1.807) is 0 Å².